The molecule has 0 spiro atoms. The zero-order chi connectivity index (χ0) is 15.1. The molecule has 1 amide bonds. The summed E-state index contributed by atoms with van der Waals surface area (Å²) in [6.07, 6.45) is 7.19. The van der Waals surface area contributed by atoms with Gasteiger partial charge < -0.3 is 14.5 Å². The van der Waals surface area contributed by atoms with Crippen molar-refractivity contribution in [1.82, 2.24) is 4.90 Å². The number of rotatable bonds is 4. The van der Waals surface area contributed by atoms with Crippen molar-refractivity contribution in [1.29, 1.82) is 0 Å². The van der Waals surface area contributed by atoms with Crippen molar-refractivity contribution in [2.24, 2.45) is 0 Å². The third-order valence-corrected chi connectivity index (χ3v) is 3.57. The molecule has 0 saturated carbocycles. The molecule has 1 aromatic rings. The van der Waals surface area contributed by atoms with Gasteiger partial charge in [0.15, 0.2) is 0 Å². The van der Waals surface area contributed by atoms with E-state index in [1.54, 1.807) is 19.3 Å². The van der Waals surface area contributed by atoms with Crippen molar-refractivity contribution in [3.8, 4) is 5.75 Å². The maximum Gasteiger partial charge on any atom is 0.246 e. The molecular weight excluding hydrogens is 264 g/mol. The summed E-state index contributed by atoms with van der Waals surface area (Å²) < 4.78 is 5.17. The van der Waals surface area contributed by atoms with Crippen LogP contribution in [0.3, 0.4) is 0 Å². The molecule has 0 radical (unpaired) electrons. The highest BCUT2D eigenvalue weighted by Crippen LogP contribution is 2.20. The predicted molar refractivity (Wildman–Crippen MR) is 85.7 cm³/mol. The highest BCUT2D eigenvalue weighted by Gasteiger charge is 2.19. The van der Waals surface area contributed by atoms with Crippen LogP contribution in [0.25, 0.3) is 0 Å². The van der Waals surface area contributed by atoms with E-state index in [1.165, 1.54) is 5.69 Å². The molecule has 1 heterocycles. The molecule has 112 valence electrons. The summed E-state index contributed by atoms with van der Waals surface area (Å²) >= 11 is 0. The summed E-state index contributed by atoms with van der Waals surface area (Å²) in [5.74, 6) is 0.948. The minimum absolute atomic E-state index is 0.0856. The van der Waals surface area contributed by atoms with Crippen LogP contribution >= 0.6 is 0 Å². The van der Waals surface area contributed by atoms with Crippen LogP contribution in [0.15, 0.2) is 48.6 Å². The van der Waals surface area contributed by atoms with Gasteiger partial charge in [0.05, 0.1) is 7.11 Å². The number of benzene rings is 1. The number of piperazine rings is 1. The van der Waals surface area contributed by atoms with Crippen LogP contribution in [0.4, 0.5) is 5.69 Å². The molecule has 4 nitrogen and oxygen atoms in total. The Morgan fingerprint density at radius 2 is 1.76 bits per heavy atom. The van der Waals surface area contributed by atoms with Crippen molar-refractivity contribution in [2.45, 2.75) is 6.92 Å². The Balaban J connectivity index is 1.88. The largest absolute Gasteiger partial charge is 0.497 e. The van der Waals surface area contributed by atoms with E-state index in [0.717, 1.165) is 31.9 Å². The molecule has 0 bridgehead atoms. The number of anilines is 1. The lowest BCUT2D eigenvalue weighted by atomic mass is 10.2. The number of carbonyl (C=O) groups is 1. The van der Waals surface area contributed by atoms with Gasteiger partial charge in [0.1, 0.15) is 5.75 Å². The Morgan fingerprint density at radius 1 is 1.10 bits per heavy atom. The Kier molecular flexibility index (Phi) is 5.43. The average Bonchev–Trinajstić information content (AvgIpc) is 2.55. The van der Waals surface area contributed by atoms with E-state index in [9.17, 15) is 4.79 Å². The number of carbonyl (C=O) groups excluding carboxylic acids is 1. The molecule has 1 fully saturated rings. The summed E-state index contributed by atoms with van der Waals surface area (Å²) in [5.41, 5.74) is 1.17. The minimum Gasteiger partial charge on any atom is -0.497 e. The summed E-state index contributed by atoms with van der Waals surface area (Å²) in [4.78, 5) is 16.1. The van der Waals surface area contributed by atoms with Crippen LogP contribution < -0.4 is 9.64 Å². The van der Waals surface area contributed by atoms with Gasteiger partial charge in [-0.05, 0) is 31.2 Å². The van der Waals surface area contributed by atoms with Gasteiger partial charge >= 0.3 is 0 Å². The van der Waals surface area contributed by atoms with E-state index in [4.69, 9.17) is 4.74 Å². The highest BCUT2D eigenvalue weighted by molar-refractivity contribution is 5.88. The van der Waals surface area contributed by atoms with E-state index < -0.39 is 0 Å². The van der Waals surface area contributed by atoms with Crippen LogP contribution in [0, 0.1) is 0 Å². The molecule has 0 aliphatic carbocycles. The predicted octanol–water partition coefficient (Wildman–Crippen LogP) is 2.48. The van der Waals surface area contributed by atoms with Crippen molar-refractivity contribution in [3.63, 3.8) is 0 Å². The number of hydrogen-bond donors (Lipinski definition) is 0. The van der Waals surface area contributed by atoms with Gasteiger partial charge in [-0.1, -0.05) is 18.2 Å². The first-order valence-corrected chi connectivity index (χ1v) is 7.22. The third-order valence-electron chi connectivity index (χ3n) is 3.57. The molecule has 0 unspecified atom stereocenters. The Morgan fingerprint density at radius 3 is 2.33 bits per heavy atom. The van der Waals surface area contributed by atoms with Gasteiger partial charge in [0.25, 0.3) is 0 Å². The third kappa shape index (κ3) is 4.12. The quantitative estimate of drug-likeness (QED) is 0.630. The number of ether oxygens (including phenoxy) is 1. The first-order chi connectivity index (χ1) is 10.2. The number of hydrogen-bond acceptors (Lipinski definition) is 3. The Bertz CT molecular complexity index is 512. The second-order valence-electron chi connectivity index (χ2n) is 4.90. The fourth-order valence-electron chi connectivity index (χ4n) is 2.33. The van der Waals surface area contributed by atoms with Gasteiger partial charge in [0.2, 0.25) is 5.91 Å². The lowest BCUT2D eigenvalue weighted by Gasteiger charge is -2.35. The Hall–Kier alpha value is -2.23. The molecule has 1 aromatic carbocycles. The summed E-state index contributed by atoms with van der Waals surface area (Å²) in [7, 11) is 1.67. The van der Waals surface area contributed by atoms with Crippen molar-refractivity contribution in [3.05, 3.63) is 48.6 Å². The second-order valence-corrected chi connectivity index (χ2v) is 4.90. The van der Waals surface area contributed by atoms with Gasteiger partial charge in [-0.15, -0.1) is 0 Å². The zero-order valence-electron chi connectivity index (χ0n) is 12.7. The molecule has 1 saturated heterocycles. The molecule has 4 heteroatoms. The average molecular weight is 286 g/mol. The number of amides is 1. The van der Waals surface area contributed by atoms with Crippen LogP contribution in [0.1, 0.15) is 6.92 Å². The van der Waals surface area contributed by atoms with Gasteiger partial charge in [-0.2, -0.15) is 0 Å². The molecule has 21 heavy (non-hydrogen) atoms. The lowest BCUT2D eigenvalue weighted by molar-refractivity contribution is -0.126. The van der Waals surface area contributed by atoms with Gasteiger partial charge in [0, 0.05) is 37.9 Å². The second kappa shape index (κ2) is 7.53. The molecule has 1 aliphatic heterocycles. The Labute approximate surface area is 126 Å². The molecule has 0 atom stereocenters. The first-order valence-electron chi connectivity index (χ1n) is 7.22. The molecule has 1 aliphatic rings. The first kappa shape index (κ1) is 15.2. The zero-order valence-corrected chi connectivity index (χ0v) is 12.7. The lowest BCUT2D eigenvalue weighted by Crippen LogP contribution is -2.48. The topological polar surface area (TPSA) is 32.8 Å². The highest BCUT2D eigenvalue weighted by atomic mass is 16.5. The minimum atomic E-state index is 0.0856. The van der Waals surface area contributed by atoms with Crippen molar-refractivity contribution in [2.75, 3.05) is 38.2 Å². The van der Waals surface area contributed by atoms with Crippen LogP contribution in [-0.2, 0) is 4.79 Å². The molecular formula is C17H22N2O2. The molecule has 0 N–H and O–H groups in total. The van der Waals surface area contributed by atoms with Crippen LogP contribution in [0.5, 0.6) is 5.75 Å². The van der Waals surface area contributed by atoms with E-state index in [2.05, 4.69) is 17.0 Å². The number of methoxy groups -OCH3 is 1. The van der Waals surface area contributed by atoms with Gasteiger partial charge in [-0.3, -0.25) is 4.79 Å². The monoisotopic (exact) mass is 286 g/mol. The smallest absolute Gasteiger partial charge is 0.246 e. The van der Waals surface area contributed by atoms with Crippen LogP contribution in [0.2, 0.25) is 0 Å². The number of allylic oxidation sites excluding steroid dienone is 3. The maximum atomic E-state index is 12.0. The summed E-state index contributed by atoms with van der Waals surface area (Å²) in [6.45, 7) is 5.16. The van der Waals surface area contributed by atoms with Crippen LogP contribution in [-0.4, -0.2) is 44.1 Å². The van der Waals surface area contributed by atoms with Crippen molar-refractivity contribution >= 4 is 11.6 Å². The SMILES string of the molecule is C/C=C/C=C/C(=O)N1CCN(c2ccc(OC)cc2)CC1. The standard InChI is InChI=1S/C17H22N2O2/c1-3-4-5-6-17(20)19-13-11-18(12-14-19)15-7-9-16(21-2)10-8-15/h3-10H,11-14H2,1-2H3/b4-3+,6-5+. The fourth-order valence-corrected chi connectivity index (χ4v) is 2.33. The summed E-state index contributed by atoms with van der Waals surface area (Å²) in [5, 5.41) is 0. The van der Waals surface area contributed by atoms with Crippen molar-refractivity contribution < 1.29 is 9.53 Å². The fraction of sp³-hybridized carbons (Fsp3) is 0.353. The van der Waals surface area contributed by atoms with E-state index in [0.29, 0.717) is 0 Å². The molecule has 2 rings (SSSR count). The maximum absolute atomic E-state index is 12.0. The number of nitrogens with zero attached hydrogens (tertiary/aromatic N) is 2. The molecule has 0 aromatic heterocycles. The van der Waals surface area contributed by atoms with E-state index >= 15 is 0 Å². The summed E-state index contributed by atoms with van der Waals surface area (Å²) in [6, 6.07) is 8.05. The van der Waals surface area contributed by atoms with E-state index in [1.807, 2.05) is 36.1 Å². The van der Waals surface area contributed by atoms with E-state index in [-0.39, 0.29) is 5.91 Å². The van der Waals surface area contributed by atoms with Gasteiger partial charge in [-0.25, -0.2) is 0 Å². The normalized spacial score (nSPS) is 15.9.